The van der Waals surface area contributed by atoms with Gasteiger partial charge in [-0.2, -0.15) is 5.10 Å². The standard InChI is InChI=1S/C20H24N4O2/c1-25-17-11-9-15(12-18(17)26-2)13-19-22-20(24-23-19)16(21)10-8-14-6-4-3-5-7-14/h3-7,9,11-12,16H,8,10,13,21H2,1-2H3,(H,22,23,24)/t16-/m1/s1. The molecule has 0 amide bonds. The molecule has 0 aliphatic heterocycles. The van der Waals surface area contributed by atoms with Crippen molar-refractivity contribution in [2.24, 2.45) is 5.73 Å². The highest BCUT2D eigenvalue weighted by atomic mass is 16.5. The largest absolute Gasteiger partial charge is 0.493 e. The molecule has 3 N–H and O–H groups in total. The fourth-order valence-electron chi connectivity index (χ4n) is 2.83. The van der Waals surface area contributed by atoms with Crippen molar-refractivity contribution in [2.75, 3.05) is 14.2 Å². The molecule has 0 bridgehead atoms. The summed E-state index contributed by atoms with van der Waals surface area (Å²) in [5.41, 5.74) is 8.58. The van der Waals surface area contributed by atoms with Gasteiger partial charge in [-0.25, -0.2) is 4.98 Å². The van der Waals surface area contributed by atoms with Crippen LogP contribution in [0.1, 0.15) is 35.2 Å². The van der Waals surface area contributed by atoms with Crippen molar-refractivity contribution in [3.05, 3.63) is 71.3 Å². The highest BCUT2D eigenvalue weighted by Crippen LogP contribution is 2.28. The summed E-state index contributed by atoms with van der Waals surface area (Å²) < 4.78 is 10.6. The van der Waals surface area contributed by atoms with Crippen LogP contribution in [0.15, 0.2) is 48.5 Å². The van der Waals surface area contributed by atoms with Gasteiger partial charge in [0, 0.05) is 6.42 Å². The van der Waals surface area contributed by atoms with Gasteiger partial charge in [-0.05, 0) is 36.1 Å². The molecule has 0 aliphatic rings. The smallest absolute Gasteiger partial charge is 0.167 e. The van der Waals surface area contributed by atoms with Gasteiger partial charge in [0.05, 0.1) is 20.3 Å². The van der Waals surface area contributed by atoms with Crippen LogP contribution in [0.25, 0.3) is 0 Å². The number of aryl methyl sites for hydroxylation is 1. The zero-order valence-electron chi connectivity index (χ0n) is 15.1. The molecule has 0 unspecified atom stereocenters. The van der Waals surface area contributed by atoms with Crippen molar-refractivity contribution in [3.8, 4) is 11.5 Å². The number of aromatic amines is 1. The quantitative estimate of drug-likeness (QED) is 0.651. The second kappa shape index (κ2) is 8.49. The first-order chi connectivity index (χ1) is 12.7. The van der Waals surface area contributed by atoms with E-state index in [1.807, 2.05) is 36.4 Å². The minimum absolute atomic E-state index is 0.189. The van der Waals surface area contributed by atoms with Crippen molar-refractivity contribution in [3.63, 3.8) is 0 Å². The molecule has 0 saturated carbocycles. The summed E-state index contributed by atoms with van der Waals surface area (Å²) in [6, 6.07) is 15.9. The van der Waals surface area contributed by atoms with Gasteiger partial charge < -0.3 is 15.2 Å². The Morgan fingerprint density at radius 2 is 1.77 bits per heavy atom. The lowest BCUT2D eigenvalue weighted by atomic mass is 10.1. The summed E-state index contributed by atoms with van der Waals surface area (Å²) in [5, 5.41) is 7.27. The molecule has 26 heavy (non-hydrogen) atoms. The van der Waals surface area contributed by atoms with Gasteiger partial charge in [0.1, 0.15) is 5.82 Å². The summed E-state index contributed by atoms with van der Waals surface area (Å²) in [7, 11) is 3.25. The summed E-state index contributed by atoms with van der Waals surface area (Å²) in [5.74, 6) is 2.83. The zero-order valence-corrected chi connectivity index (χ0v) is 15.1. The molecule has 3 rings (SSSR count). The Hall–Kier alpha value is -2.86. The number of nitrogens with two attached hydrogens (primary N) is 1. The lowest BCUT2D eigenvalue weighted by Gasteiger charge is -2.09. The number of ether oxygens (including phenoxy) is 2. The Kier molecular flexibility index (Phi) is 5.86. The third kappa shape index (κ3) is 4.40. The minimum Gasteiger partial charge on any atom is -0.493 e. The summed E-state index contributed by atoms with van der Waals surface area (Å²) in [6.45, 7) is 0. The van der Waals surface area contributed by atoms with Crippen molar-refractivity contribution in [1.29, 1.82) is 0 Å². The van der Waals surface area contributed by atoms with E-state index in [-0.39, 0.29) is 6.04 Å². The van der Waals surface area contributed by atoms with Crippen LogP contribution in [0, 0.1) is 0 Å². The predicted molar refractivity (Wildman–Crippen MR) is 100 cm³/mol. The van der Waals surface area contributed by atoms with Crippen LogP contribution in [0.5, 0.6) is 11.5 Å². The number of nitrogens with zero attached hydrogens (tertiary/aromatic N) is 2. The summed E-state index contributed by atoms with van der Waals surface area (Å²) >= 11 is 0. The third-order valence-corrected chi connectivity index (χ3v) is 4.29. The molecular weight excluding hydrogens is 328 g/mol. The molecule has 0 aliphatic carbocycles. The van der Waals surface area contributed by atoms with Crippen LogP contribution in [0.3, 0.4) is 0 Å². The number of benzene rings is 2. The van der Waals surface area contributed by atoms with E-state index in [4.69, 9.17) is 15.2 Å². The number of hydrogen-bond donors (Lipinski definition) is 2. The molecule has 0 saturated heterocycles. The topological polar surface area (TPSA) is 86.0 Å². The van der Waals surface area contributed by atoms with Crippen molar-refractivity contribution in [2.45, 2.75) is 25.3 Å². The van der Waals surface area contributed by atoms with E-state index in [1.54, 1.807) is 14.2 Å². The lowest BCUT2D eigenvalue weighted by Crippen LogP contribution is -2.13. The highest BCUT2D eigenvalue weighted by molar-refractivity contribution is 5.43. The van der Waals surface area contributed by atoms with Gasteiger partial charge in [-0.15, -0.1) is 0 Å². The van der Waals surface area contributed by atoms with Gasteiger partial charge in [0.15, 0.2) is 17.3 Å². The molecule has 0 spiro atoms. The Bertz CT molecular complexity index is 833. The van der Waals surface area contributed by atoms with Crippen LogP contribution in [-0.2, 0) is 12.8 Å². The van der Waals surface area contributed by atoms with Crippen LogP contribution >= 0.6 is 0 Å². The number of nitrogens with one attached hydrogen (secondary N) is 1. The van der Waals surface area contributed by atoms with Crippen LogP contribution in [-0.4, -0.2) is 29.4 Å². The normalized spacial score (nSPS) is 12.0. The first-order valence-electron chi connectivity index (χ1n) is 8.61. The summed E-state index contributed by atoms with van der Waals surface area (Å²) in [4.78, 5) is 4.55. The Morgan fingerprint density at radius 3 is 2.50 bits per heavy atom. The zero-order chi connectivity index (χ0) is 18.4. The van der Waals surface area contributed by atoms with Crippen LogP contribution in [0.2, 0.25) is 0 Å². The van der Waals surface area contributed by atoms with Crippen LogP contribution in [0.4, 0.5) is 0 Å². The molecule has 3 aromatic rings. The van der Waals surface area contributed by atoms with Crippen molar-refractivity contribution in [1.82, 2.24) is 15.2 Å². The van der Waals surface area contributed by atoms with E-state index >= 15 is 0 Å². The molecule has 0 radical (unpaired) electrons. The molecule has 6 nitrogen and oxygen atoms in total. The van der Waals surface area contributed by atoms with E-state index in [0.717, 1.165) is 24.2 Å². The van der Waals surface area contributed by atoms with Gasteiger partial charge in [0.25, 0.3) is 0 Å². The SMILES string of the molecule is COc1ccc(Cc2nc([C@H](N)CCc3ccccc3)n[nH]2)cc1OC. The molecule has 2 aromatic carbocycles. The lowest BCUT2D eigenvalue weighted by molar-refractivity contribution is 0.354. The van der Waals surface area contributed by atoms with Gasteiger partial charge >= 0.3 is 0 Å². The number of rotatable bonds is 8. The minimum atomic E-state index is -0.189. The first-order valence-corrected chi connectivity index (χ1v) is 8.61. The second-order valence-electron chi connectivity index (χ2n) is 6.14. The molecule has 136 valence electrons. The molecule has 1 heterocycles. The van der Waals surface area contributed by atoms with E-state index in [0.29, 0.717) is 23.7 Å². The number of methoxy groups -OCH3 is 2. The summed E-state index contributed by atoms with van der Waals surface area (Å²) in [6.07, 6.45) is 2.33. The average Bonchev–Trinajstić information content (AvgIpc) is 3.15. The fourth-order valence-corrected chi connectivity index (χ4v) is 2.83. The Morgan fingerprint density at radius 1 is 1.00 bits per heavy atom. The highest BCUT2D eigenvalue weighted by Gasteiger charge is 2.13. The second-order valence-corrected chi connectivity index (χ2v) is 6.14. The number of aromatic nitrogens is 3. The number of H-pyrrole nitrogens is 1. The maximum absolute atomic E-state index is 6.25. The maximum atomic E-state index is 6.25. The van der Waals surface area contributed by atoms with Gasteiger partial charge in [-0.3, -0.25) is 5.10 Å². The fraction of sp³-hybridized carbons (Fsp3) is 0.300. The Balaban J connectivity index is 1.62. The molecule has 1 aromatic heterocycles. The monoisotopic (exact) mass is 352 g/mol. The van der Waals surface area contributed by atoms with Gasteiger partial charge in [0.2, 0.25) is 0 Å². The molecule has 6 heteroatoms. The average molecular weight is 352 g/mol. The molecule has 1 atom stereocenters. The Labute approximate surface area is 153 Å². The van der Waals surface area contributed by atoms with Crippen LogP contribution < -0.4 is 15.2 Å². The van der Waals surface area contributed by atoms with Gasteiger partial charge in [-0.1, -0.05) is 36.4 Å². The van der Waals surface area contributed by atoms with E-state index in [1.165, 1.54) is 5.56 Å². The maximum Gasteiger partial charge on any atom is 0.167 e. The predicted octanol–water partition coefficient (Wildman–Crippen LogP) is 3.05. The molecule has 0 fully saturated rings. The van der Waals surface area contributed by atoms with E-state index in [2.05, 4.69) is 27.3 Å². The van der Waals surface area contributed by atoms with Crippen molar-refractivity contribution < 1.29 is 9.47 Å². The number of hydrogen-bond acceptors (Lipinski definition) is 5. The van der Waals surface area contributed by atoms with E-state index in [9.17, 15) is 0 Å². The van der Waals surface area contributed by atoms with Crippen molar-refractivity contribution >= 4 is 0 Å². The van der Waals surface area contributed by atoms with E-state index < -0.39 is 0 Å². The first kappa shape index (κ1) is 17.9. The third-order valence-electron chi connectivity index (χ3n) is 4.29. The molecular formula is C20H24N4O2.